The molecule has 3 heterocycles. The Bertz CT molecular complexity index is 952. The van der Waals surface area contributed by atoms with E-state index < -0.39 is 17.6 Å². The lowest BCUT2D eigenvalue weighted by atomic mass is 10.1. The number of amides is 2. The van der Waals surface area contributed by atoms with Crippen molar-refractivity contribution < 1.29 is 23.8 Å². The number of rotatable bonds is 1. The zero-order chi connectivity index (χ0) is 15.6. The summed E-state index contributed by atoms with van der Waals surface area (Å²) < 4.78 is 11.6. The van der Waals surface area contributed by atoms with Crippen LogP contribution < -0.4 is 4.90 Å². The van der Waals surface area contributed by atoms with E-state index in [2.05, 4.69) is 0 Å². The van der Waals surface area contributed by atoms with Crippen LogP contribution in [0.2, 0.25) is 0 Å². The summed E-state index contributed by atoms with van der Waals surface area (Å²) in [7, 11) is 0. The summed E-state index contributed by atoms with van der Waals surface area (Å²) >= 11 is 1.25. The van der Waals surface area contributed by atoms with Gasteiger partial charge in [-0.25, -0.2) is 4.79 Å². The number of ether oxygens (including phenoxy) is 1. The van der Waals surface area contributed by atoms with Crippen molar-refractivity contribution in [2.24, 2.45) is 0 Å². The summed E-state index contributed by atoms with van der Waals surface area (Å²) in [6, 6.07) is 6.82. The van der Waals surface area contributed by atoms with E-state index in [0.29, 0.717) is 5.58 Å². The highest BCUT2D eigenvalue weighted by Crippen LogP contribution is 2.39. The fourth-order valence-electron chi connectivity index (χ4n) is 2.56. The maximum Gasteiger partial charge on any atom is 0.424 e. The Labute approximate surface area is 128 Å². The van der Waals surface area contributed by atoms with Gasteiger partial charge in [0.15, 0.2) is 10.7 Å². The third kappa shape index (κ3) is 1.66. The quantitative estimate of drug-likeness (QED) is 0.741. The second-order valence-electron chi connectivity index (χ2n) is 5.58. The fourth-order valence-corrected chi connectivity index (χ4v) is 3.38. The van der Waals surface area contributed by atoms with Crippen molar-refractivity contribution in [3.63, 3.8) is 0 Å². The molecule has 4 rings (SSSR count). The number of carbonyl (C=O) groups is 2. The Morgan fingerprint density at radius 2 is 1.95 bits per heavy atom. The summed E-state index contributed by atoms with van der Waals surface area (Å²) in [6.07, 6.45) is -0.751. The van der Waals surface area contributed by atoms with E-state index >= 15 is 0 Å². The Morgan fingerprint density at radius 1 is 1.18 bits per heavy atom. The molecule has 22 heavy (non-hydrogen) atoms. The highest BCUT2D eigenvalue weighted by atomic mass is 32.1. The van der Waals surface area contributed by atoms with E-state index in [1.807, 2.05) is 6.07 Å². The molecule has 0 unspecified atom stereocenters. The Morgan fingerprint density at radius 3 is 2.64 bits per heavy atom. The van der Waals surface area contributed by atoms with E-state index in [4.69, 9.17) is 9.15 Å². The zero-order valence-corrected chi connectivity index (χ0v) is 12.6. The van der Waals surface area contributed by atoms with Crippen LogP contribution in [0.3, 0.4) is 0 Å². The number of hydrogen-bond acceptors (Lipinski definition) is 6. The molecule has 1 aliphatic rings. The fraction of sp³-hybridized carbons (Fsp3) is 0.200. The molecule has 0 atom stereocenters. The lowest BCUT2D eigenvalue weighted by molar-refractivity contribution is -0.127. The second kappa shape index (κ2) is 4.01. The maximum atomic E-state index is 12.3. The Hall–Kier alpha value is -2.54. The monoisotopic (exact) mass is 317 g/mol. The van der Waals surface area contributed by atoms with Gasteiger partial charge >= 0.3 is 6.09 Å². The average Bonchev–Trinajstić information content (AvgIpc) is 3.04. The van der Waals surface area contributed by atoms with Crippen molar-refractivity contribution in [1.82, 2.24) is 0 Å². The minimum atomic E-state index is -1.20. The zero-order valence-electron chi connectivity index (χ0n) is 11.7. The van der Waals surface area contributed by atoms with Crippen LogP contribution in [0.4, 0.5) is 10.7 Å². The predicted octanol–water partition coefficient (Wildman–Crippen LogP) is 3.61. The molecule has 2 aromatic heterocycles. The first-order chi connectivity index (χ1) is 10.4. The number of aromatic hydroxyl groups is 1. The first-order valence-corrected chi connectivity index (χ1v) is 7.41. The molecule has 1 aromatic carbocycles. The molecule has 3 aromatic rings. The minimum Gasteiger partial charge on any atom is -0.499 e. The number of cyclic esters (lactones) is 1. The molecule has 1 fully saturated rings. The van der Waals surface area contributed by atoms with Crippen LogP contribution in [0.5, 0.6) is 5.06 Å². The van der Waals surface area contributed by atoms with Gasteiger partial charge in [0.1, 0.15) is 5.58 Å². The number of furan rings is 1. The van der Waals surface area contributed by atoms with Crippen molar-refractivity contribution >= 4 is 50.3 Å². The molecule has 1 saturated heterocycles. The topological polar surface area (TPSA) is 80.0 Å². The lowest BCUT2D eigenvalue weighted by Gasteiger charge is -2.11. The highest BCUT2D eigenvalue weighted by Gasteiger charge is 2.49. The van der Waals surface area contributed by atoms with Gasteiger partial charge in [-0.1, -0.05) is 11.3 Å². The van der Waals surface area contributed by atoms with Gasteiger partial charge < -0.3 is 14.3 Å². The van der Waals surface area contributed by atoms with Crippen molar-refractivity contribution in [3.05, 3.63) is 24.3 Å². The number of benzene rings is 1. The summed E-state index contributed by atoms with van der Waals surface area (Å²) in [4.78, 5) is 25.1. The summed E-state index contributed by atoms with van der Waals surface area (Å²) in [6.45, 7) is 3.07. The number of nitrogens with zero attached hydrogens (tertiary/aromatic N) is 1. The third-order valence-electron chi connectivity index (χ3n) is 3.64. The summed E-state index contributed by atoms with van der Waals surface area (Å²) in [5.41, 5.74) is -0.669. The molecule has 0 radical (unpaired) electrons. The highest BCUT2D eigenvalue weighted by molar-refractivity contribution is 7.20. The van der Waals surface area contributed by atoms with E-state index in [-0.39, 0.29) is 10.9 Å². The molecular formula is C15H11NO5S. The number of anilines is 1. The molecule has 112 valence electrons. The number of fused-ring (bicyclic) bond motifs is 3. The molecule has 0 spiro atoms. The molecule has 0 bridgehead atoms. The largest absolute Gasteiger partial charge is 0.499 e. The van der Waals surface area contributed by atoms with Gasteiger partial charge in [-0.15, -0.1) is 0 Å². The third-order valence-corrected chi connectivity index (χ3v) is 4.54. The van der Waals surface area contributed by atoms with Crippen LogP contribution in [-0.2, 0) is 9.53 Å². The van der Waals surface area contributed by atoms with Crippen molar-refractivity contribution in [2.75, 3.05) is 4.90 Å². The van der Waals surface area contributed by atoms with Crippen LogP contribution in [0, 0.1) is 0 Å². The minimum absolute atomic E-state index is 0.119. The maximum absolute atomic E-state index is 12.3. The lowest BCUT2D eigenvalue weighted by Crippen LogP contribution is -2.35. The van der Waals surface area contributed by atoms with E-state index in [1.54, 1.807) is 18.2 Å². The van der Waals surface area contributed by atoms with Crippen LogP contribution in [-0.4, -0.2) is 22.7 Å². The Kier molecular flexibility index (Phi) is 2.40. The number of carbonyl (C=O) groups excluding carboxylic acids is 2. The molecule has 1 aliphatic heterocycles. The average molecular weight is 317 g/mol. The molecule has 6 nitrogen and oxygen atoms in total. The van der Waals surface area contributed by atoms with Crippen molar-refractivity contribution in [1.29, 1.82) is 0 Å². The van der Waals surface area contributed by atoms with Gasteiger partial charge in [-0.2, -0.15) is 4.90 Å². The SMILES string of the molecule is CC1(C)OC(=O)N(c2cc3c(ccc4sc(O)cc43)o2)C1=O. The molecule has 2 amide bonds. The normalized spacial score (nSPS) is 17.6. The second-order valence-corrected chi connectivity index (χ2v) is 6.64. The van der Waals surface area contributed by atoms with Gasteiger partial charge in [0, 0.05) is 27.6 Å². The van der Waals surface area contributed by atoms with Crippen LogP contribution >= 0.6 is 11.3 Å². The van der Waals surface area contributed by atoms with E-state index in [9.17, 15) is 14.7 Å². The van der Waals surface area contributed by atoms with Gasteiger partial charge in [0.05, 0.1) is 0 Å². The van der Waals surface area contributed by atoms with Crippen LogP contribution in [0.25, 0.3) is 21.1 Å². The first kappa shape index (κ1) is 13.1. The first-order valence-electron chi connectivity index (χ1n) is 6.59. The number of hydrogen-bond donors (Lipinski definition) is 1. The van der Waals surface area contributed by atoms with Crippen LogP contribution in [0.1, 0.15) is 13.8 Å². The smallest absolute Gasteiger partial charge is 0.424 e. The predicted molar refractivity (Wildman–Crippen MR) is 81.3 cm³/mol. The van der Waals surface area contributed by atoms with Gasteiger partial charge in [0.25, 0.3) is 5.91 Å². The summed E-state index contributed by atoms with van der Waals surface area (Å²) in [5, 5.41) is 11.4. The number of imide groups is 1. The number of thiophene rings is 1. The van der Waals surface area contributed by atoms with Crippen molar-refractivity contribution in [2.45, 2.75) is 19.4 Å². The van der Waals surface area contributed by atoms with Gasteiger partial charge in [0.2, 0.25) is 5.88 Å². The Balaban J connectivity index is 1.92. The van der Waals surface area contributed by atoms with Gasteiger partial charge in [-0.05, 0) is 26.0 Å². The van der Waals surface area contributed by atoms with Crippen LogP contribution in [0.15, 0.2) is 28.7 Å². The standard InChI is InChI=1S/C15H11NO5S/c1-15(2)13(18)16(14(19)21-15)11-5-7-8-6-12(17)22-10(8)4-3-9(7)20-11/h3-6,17H,1-2H3. The van der Waals surface area contributed by atoms with Crippen molar-refractivity contribution in [3.8, 4) is 5.06 Å². The van der Waals surface area contributed by atoms with E-state index in [0.717, 1.165) is 20.4 Å². The molecule has 1 N–H and O–H groups in total. The molecule has 0 aliphatic carbocycles. The summed E-state index contributed by atoms with van der Waals surface area (Å²) in [5.74, 6) is -0.352. The molecule has 0 saturated carbocycles. The molecule has 7 heteroatoms. The van der Waals surface area contributed by atoms with Gasteiger partial charge in [-0.3, -0.25) is 4.79 Å². The molecular weight excluding hydrogens is 306 g/mol. The van der Waals surface area contributed by atoms with E-state index in [1.165, 1.54) is 25.2 Å².